The first-order valence-electron chi connectivity index (χ1n) is 12.5. The van der Waals surface area contributed by atoms with Crippen LogP contribution in [-0.4, -0.2) is 20.0 Å². The molecule has 1 fully saturated rings. The number of carbonyl (C=O) groups excluding carboxylic acids is 1. The second-order valence-electron chi connectivity index (χ2n) is 9.45. The van der Waals surface area contributed by atoms with E-state index in [1.54, 1.807) is 11.3 Å². The lowest BCUT2D eigenvalue weighted by atomic mass is 9.81. The van der Waals surface area contributed by atoms with Crippen molar-refractivity contribution in [3.63, 3.8) is 0 Å². The number of hydrogen-bond donors (Lipinski definition) is 1. The Bertz CT molecular complexity index is 1220. The molecule has 37 heavy (non-hydrogen) atoms. The second kappa shape index (κ2) is 12.5. The Balaban J connectivity index is 1.73. The summed E-state index contributed by atoms with van der Waals surface area (Å²) < 4.78 is 10.6. The van der Waals surface area contributed by atoms with Gasteiger partial charge in [-0.15, -0.1) is 0 Å². The van der Waals surface area contributed by atoms with Crippen LogP contribution in [0.3, 0.4) is 0 Å². The molecule has 2 aliphatic rings. The average molecular weight is 535 g/mol. The molecule has 1 N–H and O–H groups in total. The van der Waals surface area contributed by atoms with Gasteiger partial charge in [-0.1, -0.05) is 73.9 Å². The summed E-state index contributed by atoms with van der Waals surface area (Å²) in [6, 6.07) is 10.2. The summed E-state index contributed by atoms with van der Waals surface area (Å²) in [7, 11) is 1.31. The van der Waals surface area contributed by atoms with Gasteiger partial charge in [-0.25, -0.2) is 4.79 Å². The Hall–Kier alpha value is -3.03. The Morgan fingerprint density at radius 1 is 1.32 bits per heavy atom. The summed E-state index contributed by atoms with van der Waals surface area (Å²) in [5.74, 6) is 1.25. The predicted octanol–water partition coefficient (Wildman–Crippen LogP) is 8.27. The number of methoxy groups -OCH3 is 1. The monoisotopic (exact) mass is 534 g/mol. The van der Waals surface area contributed by atoms with Gasteiger partial charge in [0.1, 0.15) is 11.3 Å². The molecule has 0 radical (unpaired) electrons. The van der Waals surface area contributed by atoms with Gasteiger partial charge in [0.2, 0.25) is 0 Å². The van der Waals surface area contributed by atoms with Crippen molar-refractivity contribution in [2.24, 2.45) is 10.9 Å². The molecule has 1 aliphatic heterocycles. The van der Waals surface area contributed by atoms with Crippen molar-refractivity contribution in [2.45, 2.75) is 55.9 Å². The van der Waals surface area contributed by atoms with Crippen LogP contribution < -0.4 is 5.32 Å². The van der Waals surface area contributed by atoms with Gasteiger partial charge in [0.05, 0.1) is 17.7 Å². The van der Waals surface area contributed by atoms with Crippen molar-refractivity contribution in [1.82, 2.24) is 5.32 Å². The zero-order valence-electron chi connectivity index (χ0n) is 21.5. The van der Waals surface area contributed by atoms with Crippen molar-refractivity contribution in [1.29, 1.82) is 0 Å². The second-order valence-corrected chi connectivity index (χ2v) is 11.3. The first kappa shape index (κ1) is 27.0. The molecule has 1 aromatic carbocycles. The largest absolute Gasteiger partial charge is 0.513 e. The predicted molar refractivity (Wildman–Crippen MR) is 154 cm³/mol. The highest BCUT2D eigenvalue weighted by Gasteiger charge is 2.44. The van der Waals surface area contributed by atoms with Crippen molar-refractivity contribution in [3.8, 4) is 0 Å². The molecule has 0 amide bonds. The van der Waals surface area contributed by atoms with E-state index >= 15 is 0 Å². The number of nitrogens with one attached hydrogen (secondary N) is 1. The number of thioether (sulfide) groups is 1. The minimum absolute atomic E-state index is 0.341. The minimum Gasteiger partial charge on any atom is -0.437 e. The number of thiophene rings is 1. The van der Waals surface area contributed by atoms with Gasteiger partial charge in [0.25, 0.3) is 0 Å². The Kier molecular flexibility index (Phi) is 9.11. The van der Waals surface area contributed by atoms with Crippen LogP contribution in [0, 0.1) is 12.8 Å². The zero-order chi connectivity index (χ0) is 26.3. The lowest BCUT2D eigenvalue weighted by molar-refractivity contribution is 0.0902. The van der Waals surface area contributed by atoms with Crippen LogP contribution in [0.5, 0.6) is 0 Å². The zero-order valence-corrected chi connectivity index (χ0v) is 23.1. The summed E-state index contributed by atoms with van der Waals surface area (Å²) in [6.45, 7) is 10.3. The molecule has 2 heterocycles. The molecule has 0 spiro atoms. The molecule has 5 nitrogen and oxygen atoms in total. The maximum atomic E-state index is 12.3. The first-order valence-corrected chi connectivity index (χ1v) is 14.3. The fraction of sp³-hybridized carbons (Fsp3) is 0.333. The van der Waals surface area contributed by atoms with Crippen molar-refractivity contribution < 1.29 is 14.3 Å². The van der Waals surface area contributed by atoms with Crippen LogP contribution in [0.2, 0.25) is 0 Å². The van der Waals surface area contributed by atoms with Crippen LogP contribution in [0.4, 0.5) is 4.79 Å². The van der Waals surface area contributed by atoms with E-state index in [0.29, 0.717) is 17.9 Å². The van der Waals surface area contributed by atoms with E-state index in [9.17, 15) is 4.79 Å². The summed E-state index contributed by atoms with van der Waals surface area (Å²) >= 11 is 3.11. The van der Waals surface area contributed by atoms with Crippen LogP contribution >= 0.6 is 23.1 Å². The number of carbonyl (C=O) groups is 1. The maximum Gasteiger partial charge on any atom is 0.513 e. The fourth-order valence-electron chi connectivity index (χ4n) is 4.98. The van der Waals surface area contributed by atoms with E-state index in [0.717, 1.165) is 39.0 Å². The lowest BCUT2D eigenvalue weighted by Crippen LogP contribution is -2.46. The topological polar surface area (TPSA) is 59.9 Å². The van der Waals surface area contributed by atoms with Crippen LogP contribution in [0.25, 0.3) is 0 Å². The molecule has 0 bridgehead atoms. The molecule has 4 rings (SSSR count). The average Bonchev–Trinajstić information content (AvgIpc) is 3.61. The molecule has 0 saturated heterocycles. The van der Waals surface area contributed by atoms with Gasteiger partial charge in [0, 0.05) is 17.0 Å². The van der Waals surface area contributed by atoms with E-state index in [2.05, 4.69) is 53.3 Å². The number of ether oxygens (including phenoxy) is 2. The van der Waals surface area contributed by atoms with Crippen LogP contribution in [0.15, 0.2) is 97.8 Å². The van der Waals surface area contributed by atoms with Crippen LogP contribution in [0.1, 0.15) is 49.7 Å². The van der Waals surface area contributed by atoms with Gasteiger partial charge < -0.3 is 14.8 Å². The molecule has 1 saturated carbocycles. The molecule has 1 unspecified atom stereocenters. The molecule has 2 aromatic rings. The quantitative estimate of drug-likeness (QED) is 0.199. The number of hydrogen-bond acceptors (Lipinski definition) is 7. The van der Waals surface area contributed by atoms with Gasteiger partial charge in [-0.2, -0.15) is 11.3 Å². The molecule has 194 valence electrons. The minimum atomic E-state index is -0.795. The molecule has 1 aliphatic carbocycles. The number of rotatable bonds is 9. The van der Waals surface area contributed by atoms with E-state index in [-0.39, 0.29) is 0 Å². The van der Waals surface area contributed by atoms with E-state index in [1.165, 1.54) is 44.6 Å². The van der Waals surface area contributed by atoms with Gasteiger partial charge in [-0.05, 0) is 66.6 Å². The SMILES string of the molecule is C=N/C(=C\C=C/CC1CCCC1)C1(c2ccsc2)CC(OC(=O)OC)=C(Sc2cccc(C)c2)C(=C)N1. The fourth-order valence-corrected chi connectivity index (χ4v) is 6.74. The normalized spacial score (nSPS) is 20.8. The molecular weight excluding hydrogens is 500 g/mol. The van der Waals surface area contributed by atoms with E-state index in [1.807, 2.05) is 36.6 Å². The van der Waals surface area contributed by atoms with E-state index in [4.69, 9.17) is 9.47 Å². The molecular formula is C30H34N2O3S2. The number of aryl methyl sites for hydroxylation is 1. The third-order valence-corrected chi connectivity index (χ3v) is 8.71. The van der Waals surface area contributed by atoms with Crippen molar-refractivity contribution in [3.05, 3.63) is 99.1 Å². The summed E-state index contributed by atoms with van der Waals surface area (Å²) in [6.07, 6.45) is 12.2. The number of aliphatic imine (C=N–C) groups is 1. The highest BCUT2D eigenvalue weighted by atomic mass is 32.2. The maximum absolute atomic E-state index is 12.3. The summed E-state index contributed by atoms with van der Waals surface area (Å²) in [5.41, 5.74) is 2.74. The molecule has 1 aromatic heterocycles. The summed E-state index contributed by atoms with van der Waals surface area (Å²) in [4.78, 5) is 18.6. The van der Waals surface area contributed by atoms with Crippen LogP contribution in [-0.2, 0) is 15.0 Å². The number of benzene rings is 1. The summed E-state index contributed by atoms with van der Waals surface area (Å²) in [5, 5.41) is 7.74. The van der Waals surface area contributed by atoms with Crippen molar-refractivity contribution >= 4 is 36.0 Å². The highest BCUT2D eigenvalue weighted by molar-refractivity contribution is 8.03. The number of nitrogens with zero attached hydrogens (tertiary/aromatic N) is 1. The highest BCUT2D eigenvalue weighted by Crippen LogP contribution is 2.47. The van der Waals surface area contributed by atoms with Gasteiger partial charge >= 0.3 is 6.16 Å². The third kappa shape index (κ3) is 6.46. The first-order chi connectivity index (χ1) is 17.9. The molecule has 1 atom stereocenters. The Morgan fingerprint density at radius 2 is 2.14 bits per heavy atom. The van der Waals surface area contributed by atoms with Gasteiger partial charge in [-0.3, -0.25) is 4.99 Å². The Morgan fingerprint density at radius 3 is 2.81 bits per heavy atom. The van der Waals surface area contributed by atoms with E-state index < -0.39 is 11.7 Å². The smallest absolute Gasteiger partial charge is 0.437 e. The van der Waals surface area contributed by atoms with Crippen molar-refractivity contribution in [2.75, 3.05) is 7.11 Å². The standard InChI is InChI=1S/C30H34N2O3S2/c1-21-10-9-14-25(18-21)37-28-22(2)32-30(24-16-17-36-20-24,19-26(28)35-29(33)34-4)27(31-3)15-8-7-13-23-11-5-6-12-23/h7-10,14-18,20,23,32H,2-3,5-6,11-13,19H2,1,4H3/b8-7-,27-15-. The third-order valence-electron chi connectivity index (χ3n) is 6.86. The Labute approximate surface area is 228 Å². The molecule has 7 heteroatoms. The van der Waals surface area contributed by atoms with Gasteiger partial charge in [0.15, 0.2) is 0 Å². The number of allylic oxidation sites excluding steroid dienone is 3. The lowest BCUT2D eigenvalue weighted by Gasteiger charge is -2.41.